The Balaban J connectivity index is 2.02. The van der Waals surface area contributed by atoms with Gasteiger partial charge < -0.3 is 15.0 Å². The van der Waals surface area contributed by atoms with Gasteiger partial charge in [-0.15, -0.1) is 0 Å². The number of sulfonamides is 1. The van der Waals surface area contributed by atoms with Crippen LogP contribution in [0.4, 0.5) is 5.69 Å². The Hall–Kier alpha value is -3.56. The number of carbonyl (C=O) groups is 2. The number of ether oxygens (including phenoxy) is 1. The molecular formula is C30H36ClN3O5S. The number of rotatable bonds is 14. The lowest BCUT2D eigenvalue weighted by Crippen LogP contribution is -2.52. The minimum absolute atomic E-state index is 0.0139. The van der Waals surface area contributed by atoms with Gasteiger partial charge >= 0.3 is 0 Å². The highest BCUT2D eigenvalue weighted by Gasteiger charge is 2.33. The molecule has 0 aromatic heterocycles. The van der Waals surface area contributed by atoms with E-state index in [2.05, 4.69) is 5.32 Å². The zero-order valence-electron chi connectivity index (χ0n) is 23.0. The van der Waals surface area contributed by atoms with E-state index in [0.29, 0.717) is 23.7 Å². The molecule has 0 aliphatic rings. The fraction of sp³-hybridized carbons (Fsp3) is 0.333. The van der Waals surface area contributed by atoms with Crippen LogP contribution in [0.2, 0.25) is 5.02 Å². The number of hydrogen-bond donors (Lipinski definition) is 1. The van der Waals surface area contributed by atoms with Crippen LogP contribution >= 0.6 is 11.6 Å². The summed E-state index contributed by atoms with van der Waals surface area (Å²) in [6.07, 6.45) is 2.10. The lowest BCUT2D eigenvalue weighted by molar-refractivity contribution is -0.140. The quantitative estimate of drug-likeness (QED) is 0.260. The first-order valence-electron chi connectivity index (χ1n) is 13.2. The van der Waals surface area contributed by atoms with Gasteiger partial charge in [0.1, 0.15) is 18.3 Å². The first-order valence-corrected chi connectivity index (χ1v) is 15.1. The van der Waals surface area contributed by atoms with E-state index in [1.807, 2.05) is 44.2 Å². The third kappa shape index (κ3) is 7.99. The molecule has 0 bridgehead atoms. The standard InChI is InChI=1S/C30H36ClN3O5S/c1-4-6-19-32-30(36)28(5-2)33(21-23-11-8-7-9-12-23)29(35)22-34(25-14-10-13-24(31)20-25)40(37,38)27-17-15-26(39-3)16-18-27/h7-18,20,28H,4-6,19,21-22H2,1-3H3,(H,32,36). The van der Waals surface area contributed by atoms with Crippen molar-refractivity contribution in [2.45, 2.75) is 50.6 Å². The van der Waals surface area contributed by atoms with Crippen molar-refractivity contribution >= 4 is 39.1 Å². The van der Waals surface area contributed by atoms with Crippen molar-refractivity contribution in [3.63, 3.8) is 0 Å². The number of methoxy groups -OCH3 is 1. The lowest BCUT2D eigenvalue weighted by Gasteiger charge is -2.33. The molecule has 0 saturated carbocycles. The van der Waals surface area contributed by atoms with Gasteiger partial charge in [0.2, 0.25) is 11.8 Å². The van der Waals surface area contributed by atoms with Gasteiger partial charge in [-0.3, -0.25) is 13.9 Å². The van der Waals surface area contributed by atoms with Crippen LogP contribution in [-0.4, -0.2) is 51.4 Å². The second-order valence-electron chi connectivity index (χ2n) is 9.24. The average Bonchev–Trinajstić information content (AvgIpc) is 2.96. The zero-order valence-corrected chi connectivity index (χ0v) is 24.6. The number of carbonyl (C=O) groups excluding carboxylic acids is 2. The first-order chi connectivity index (χ1) is 19.2. The van der Waals surface area contributed by atoms with Gasteiger partial charge in [0, 0.05) is 18.1 Å². The van der Waals surface area contributed by atoms with Gasteiger partial charge in [0.15, 0.2) is 0 Å². The molecule has 0 fully saturated rings. The van der Waals surface area contributed by atoms with Crippen LogP contribution in [0.3, 0.4) is 0 Å². The van der Waals surface area contributed by atoms with Crippen LogP contribution < -0.4 is 14.4 Å². The van der Waals surface area contributed by atoms with Crippen molar-refractivity contribution in [3.05, 3.63) is 89.4 Å². The third-order valence-electron chi connectivity index (χ3n) is 6.43. The largest absolute Gasteiger partial charge is 0.497 e. The smallest absolute Gasteiger partial charge is 0.264 e. The predicted octanol–water partition coefficient (Wildman–Crippen LogP) is 5.27. The maximum absolute atomic E-state index is 14.0. The Morgan fingerprint density at radius 2 is 1.68 bits per heavy atom. The van der Waals surface area contributed by atoms with Gasteiger partial charge in [-0.25, -0.2) is 8.42 Å². The summed E-state index contributed by atoms with van der Waals surface area (Å²) in [5, 5.41) is 3.24. The fourth-order valence-electron chi connectivity index (χ4n) is 4.24. The molecule has 1 atom stereocenters. The monoisotopic (exact) mass is 585 g/mol. The molecule has 0 radical (unpaired) electrons. The average molecular weight is 586 g/mol. The highest BCUT2D eigenvalue weighted by atomic mass is 35.5. The molecule has 8 nitrogen and oxygen atoms in total. The topological polar surface area (TPSA) is 96.0 Å². The lowest BCUT2D eigenvalue weighted by atomic mass is 10.1. The highest BCUT2D eigenvalue weighted by Crippen LogP contribution is 2.28. The SMILES string of the molecule is CCCCNC(=O)C(CC)N(Cc1ccccc1)C(=O)CN(c1cccc(Cl)c1)S(=O)(=O)c1ccc(OC)cc1. The van der Waals surface area contributed by atoms with Crippen molar-refractivity contribution in [3.8, 4) is 5.75 Å². The molecule has 1 N–H and O–H groups in total. The van der Waals surface area contributed by atoms with Crippen LogP contribution in [-0.2, 0) is 26.2 Å². The van der Waals surface area contributed by atoms with Crippen LogP contribution in [0.1, 0.15) is 38.7 Å². The summed E-state index contributed by atoms with van der Waals surface area (Å²) in [5.41, 5.74) is 1.06. The molecule has 0 aliphatic heterocycles. The third-order valence-corrected chi connectivity index (χ3v) is 8.46. The summed E-state index contributed by atoms with van der Waals surface area (Å²) in [7, 11) is -2.71. The number of nitrogens with one attached hydrogen (secondary N) is 1. The summed E-state index contributed by atoms with van der Waals surface area (Å²) in [6.45, 7) is 3.98. The Kier molecular flexibility index (Phi) is 11.4. The van der Waals surface area contributed by atoms with E-state index < -0.39 is 28.5 Å². The van der Waals surface area contributed by atoms with Gasteiger partial charge in [-0.05, 0) is 60.9 Å². The number of unbranched alkanes of at least 4 members (excludes halogenated alkanes) is 1. The minimum Gasteiger partial charge on any atom is -0.497 e. The summed E-state index contributed by atoms with van der Waals surface area (Å²) >= 11 is 6.22. The molecule has 3 aromatic rings. The molecule has 0 saturated heterocycles. The number of amides is 2. The number of nitrogens with zero attached hydrogens (tertiary/aromatic N) is 2. The van der Waals surface area contributed by atoms with Gasteiger partial charge in [0.05, 0.1) is 17.7 Å². The van der Waals surface area contributed by atoms with Crippen molar-refractivity contribution in [1.29, 1.82) is 0 Å². The molecule has 0 spiro atoms. The number of anilines is 1. The minimum atomic E-state index is -4.20. The molecule has 40 heavy (non-hydrogen) atoms. The van der Waals surface area contributed by atoms with E-state index in [1.165, 1.54) is 30.2 Å². The van der Waals surface area contributed by atoms with Gasteiger partial charge in [-0.2, -0.15) is 0 Å². The van der Waals surface area contributed by atoms with Crippen molar-refractivity contribution < 1.29 is 22.7 Å². The normalized spacial score (nSPS) is 11.9. The van der Waals surface area contributed by atoms with E-state index in [9.17, 15) is 18.0 Å². The summed E-state index contributed by atoms with van der Waals surface area (Å²) in [6, 6.07) is 20.8. The zero-order chi connectivity index (χ0) is 29.1. The molecule has 3 rings (SSSR count). The van der Waals surface area contributed by atoms with E-state index >= 15 is 0 Å². The second kappa shape index (κ2) is 14.7. The van der Waals surface area contributed by atoms with Gasteiger partial charge in [-0.1, -0.05) is 68.3 Å². The maximum Gasteiger partial charge on any atom is 0.264 e. The predicted molar refractivity (Wildman–Crippen MR) is 158 cm³/mol. The van der Waals surface area contributed by atoms with E-state index in [-0.39, 0.29) is 23.0 Å². The molecule has 1 unspecified atom stereocenters. The number of benzene rings is 3. The Bertz CT molecular complexity index is 1370. The summed E-state index contributed by atoms with van der Waals surface area (Å²) in [5.74, 6) is -0.288. The second-order valence-corrected chi connectivity index (χ2v) is 11.5. The van der Waals surface area contributed by atoms with Crippen molar-refractivity contribution in [2.24, 2.45) is 0 Å². The first kappa shape index (κ1) is 31.0. The molecule has 2 amide bonds. The molecule has 0 aliphatic carbocycles. The van der Waals surface area contributed by atoms with E-state index in [0.717, 1.165) is 22.7 Å². The van der Waals surface area contributed by atoms with Crippen LogP contribution in [0.25, 0.3) is 0 Å². The van der Waals surface area contributed by atoms with E-state index in [4.69, 9.17) is 16.3 Å². The molecule has 3 aromatic carbocycles. The van der Waals surface area contributed by atoms with Crippen LogP contribution in [0.5, 0.6) is 5.75 Å². The Labute approximate surface area is 241 Å². The van der Waals surface area contributed by atoms with Crippen molar-refractivity contribution in [1.82, 2.24) is 10.2 Å². The maximum atomic E-state index is 14.0. The van der Waals surface area contributed by atoms with Crippen LogP contribution in [0.15, 0.2) is 83.8 Å². The van der Waals surface area contributed by atoms with E-state index in [1.54, 1.807) is 30.3 Å². The number of halogens is 1. The summed E-state index contributed by atoms with van der Waals surface area (Å²) in [4.78, 5) is 28.7. The van der Waals surface area contributed by atoms with Crippen molar-refractivity contribution in [2.75, 3.05) is 24.5 Å². The highest BCUT2D eigenvalue weighted by molar-refractivity contribution is 7.92. The molecule has 214 valence electrons. The van der Waals surface area contributed by atoms with Gasteiger partial charge in [0.25, 0.3) is 10.0 Å². The number of hydrogen-bond acceptors (Lipinski definition) is 5. The Morgan fingerprint density at radius 1 is 0.975 bits per heavy atom. The van der Waals surface area contributed by atoms with Crippen LogP contribution in [0, 0.1) is 0 Å². The Morgan fingerprint density at radius 3 is 2.27 bits per heavy atom. The molecular weight excluding hydrogens is 550 g/mol. The molecule has 10 heteroatoms. The fourth-order valence-corrected chi connectivity index (χ4v) is 5.83. The summed E-state index contributed by atoms with van der Waals surface area (Å²) < 4.78 is 34.0. The molecule has 0 heterocycles.